The van der Waals surface area contributed by atoms with Gasteiger partial charge < -0.3 is 0 Å². The summed E-state index contributed by atoms with van der Waals surface area (Å²) in [5.74, 6) is -2.38. The van der Waals surface area contributed by atoms with Crippen LogP contribution in [0.15, 0.2) is 29.2 Å². The molecular formula is C9H6F3NO3S2. The van der Waals surface area contributed by atoms with E-state index in [1.54, 1.807) is 0 Å². The van der Waals surface area contributed by atoms with Gasteiger partial charge >= 0.3 is 6.18 Å². The van der Waals surface area contributed by atoms with E-state index in [4.69, 9.17) is 0 Å². The molecule has 0 aliphatic carbocycles. The Hall–Kier alpha value is -1.22. The van der Waals surface area contributed by atoms with E-state index in [1.165, 1.54) is 24.3 Å². The van der Waals surface area contributed by atoms with Crippen LogP contribution in [-0.2, 0) is 10.0 Å². The first kappa shape index (κ1) is 13.2. The number of sulfonamides is 1. The number of alkyl halides is 3. The number of hydrogen-bond acceptors (Lipinski definition) is 4. The van der Waals surface area contributed by atoms with E-state index < -0.39 is 27.9 Å². The number of benzene rings is 1. The average Bonchev–Trinajstić information content (AvgIpc) is 2.45. The Bertz CT molecular complexity index is 597. The predicted octanol–water partition coefficient (Wildman–Crippen LogP) is 2.04. The summed E-state index contributed by atoms with van der Waals surface area (Å²) in [7, 11) is -4.17. The number of nitrogens with zero attached hydrogens (tertiary/aromatic N) is 1. The molecule has 0 unspecified atom stereocenters. The Morgan fingerprint density at radius 1 is 1.22 bits per heavy atom. The zero-order chi connectivity index (χ0) is 13.6. The SMILES string of the molecule is O=C1c2ccccc2S(=O)(=O)N1SCC(F)(F)F. The van der Waals surface area contributed by atoms with Gasteiger partial charge in [0.1, 0.15) is 10.6 Å². The van der Waals surface area contributed by atoms with Gasteiger partial charge in [-0.3, -0.25) is 4.79 Å². The third-order valence-electron chi connectivity index (χ3n) is 2.12. The lowest BCUT2D eigenvalue weighted by Gasteiger charge is -2.14. The predicted molar refractivity (Wildman–Crippen MR) is 58.3 cm³/mol. The Morgan fingerprint density at radius 2 is 1.83 bits per heavy atom. The van der Waals surface area contributed by atoms with Crippen LogP contribution in [0.2, 0.25) is 0 Å². The minimum Gasteiger partial charge on any atom is -0.267 e. The molecule has 1 amide bonds. The molecule has 0 atom stereocenters. The molecule has 1 heterocycles. The second-order valence-corrected chi connectivity index (χ2v) is 6.32. The van der Waals surface area contributed by atoms with Gasteiger partial charge in [-0.2, -0.15) is 16.9 Å². The lowest BCUT2D eigenvalue weighted by atomic mass is 10.2. The lowest BCUT2D eigenvalue weighted by molar-refractivity contribution is -0.105. The number of rotatable bonds is 2. The van der Waals surface area contributed by atoms with Gasteiger partial charge in [0.25, 0.3) is 15.9 Å². The van der Waals surface area contributed by atoms with E-state index >= 15 is 0 Å². The molecule has 0 N–H and O–H groups in total. The van der Waals surface area contributed by atoms with Crippen molar-refractivity contribution >= 4 is 27.9 Å². The summed E-state index contributed by atoms with van der Waals surface area (Å²) in [6, 6.07) is 5.31. The minimum absolute atomic E-state index is 0.0666. The Labute approximate surface area is 105 Å². The van der Waals surface area contributed by atoms with Crippen LogP contribution in [0.3, 0.4) is 0 Å². The van der Waals surface area contributed by atoms with Gasteiger partial charge in [0.15, 0.2) is 0 Å². The monoisotopic (exact) mass is 297 g/mol. The van der Waals surface area contributed by atoms with Crippen LogP contribution in [0.4, 0.5) is 13.2 Å². The van der Waals surface area contributed by atoms with Crippen LogP contribution in [0.5, 0.6) is 0 Å². The van der Waals surface area contributed by atoms with Gasteiger partial charge in [-0.25, -0.2) is 8.42 Å². The maximum atomic E-state index is 12.1. The van der Waals surface area contributed by atoms with Gasteiger partial charge in [-0.05, 0) is 24.1 Å². The first-order valence-electron chi connectivity index (χ1n) is 4.62. The lowest BCUT2D eigenvalue weighted by Crippen LogP contribution is -2.26. The average molecular weight is 297 g/mol. The van der Waals surface area contributed by atoms with Gasteiger partial charge in [0.2, 0.25) is 0 Å². The molecule has 1 aliphatic rings. The summed E-state index contributed by atoms with van der Waals surface area (Å²) in [5.41, 5.74) is -0.104. The van der Waals surface area contributed by atoms with Crippen LogP contribution >= 0.6 is 11.9 Å². The normalized spacial score (nSPS) is 17.9. The van der Waals surface area contributed by atoms with Crippen molar-refractivity contribution in [3.05, 3.63) is 29.8 Å². The highest BCUT2D eigenvalue weighted by atomic mass is 32.3. The molecule has 4 nitrogen and oxygen atoms in total. The number of carbonyl (C=O) groups is 1. The Balaban J connectivity index is 2.34. The second-order valence-electron chi connectivity index (χ2n) is 3.42. The van der Waals surface area contributed by atoms with Crippen molar-refractivity contribution in [3.8, 4) is 0 Å². The topological polar surface area (TPSA) is 54.5 Å². The largest absolute Gasteiger partial charge is 0.399 e. The third kappa shape index (κ3) is 2.19. The van der Waals surface area contributed by atoms with Crippen molar-refractivity contribution in [1.29, 1.82) is 0 Å². The first-order valence-corrected chi connectivity index (χ1v) is 7.00. The molecule has 2 rings (SSSR count). The second kappa shape index (κ2) is 4.16. The number of amides is 1. The maximum absolute atomic E-state index is 12.1. The molecule has 0 bridgehead atoms. The number of halogens is 3. The highest BCUT2D eigenvalue weighted by Crippen LogP contribution is 2.36. The van der Waals surface area contributed by atoms with Crippen LogP contribution in [-0.4, -0.2) is 30.0 Å². The van der Waals surface area contributed by atoms with Crippen LogP contribution in [0.25, 0.3) is 0 Å². The Kier molecular flexibility index (Phi) is 3.06. The molecule has 0 saturated heterocycles. The molecule has 18 heavy (non-hydrogen) atoms. The Morgan fingerprint density at radius 3 is 2.39 bits per heavy atom. The highest BCUT2D eigenvalue weighted by molar-refractivity contribution is 8.09. The standard InChI is InChI=1S/C9H6F3NO3S2/c10-9(11,12)5-17-13-8(14)6-3-1-2-4-7(6)18(13,15)16/h1-4H,5H2. The van der Waals surface area contributed by atoms with Crippen molar-refractivity contribution in [2.75, 3.05) is 5.75 Å². The molecule has 1 aliphatic heterocycles. The van der Waals surface area contributed by atoms with Crippen molar-refractivity contribution in [3.63, 3.8) is 0 Å². The van der Waals surface area contributed by atoms with Gasteiger partial charge in [-0.15, -0.1) is 0 Å². The summed E-state index contributed by atoms with van der Waals surface area (Å²) < 4.78 is 60.0. The summed E-state index contributed by atoms with van der Waals surface area (Å²) in [6.45, 7) is 0. The number of fused-ring (bicyclic) bond motifs is 1. The fourth-order valence-electron chi connectivity index (χ4n) is 1.42. The van der Waals surface area contributed by atoms with Gasteiger partial charge in [-0.1, -0.05) is 12.1 Å². The summed E-state index contributed by atoms with van der Waals surface area (Å²) >= 11 is -0.0666. The molecular weight excluding hydrogens is 291 g/mol. The fourth-order valence-corrected chi connectivity index (χ4v) is 4.04. The highest BCUT2D eigenvalue weighted by Gasteiger charge is 2.43. The third-order valence-corrected chi connectivity index (χ3v) is 5.40. The quantitative estimate of drug-likeness (QED) is 0.784. The van der Waals surface area contributed by atoms with Crippen LogP contribution in [0.1, 0.15) is 10.4 Å². The van der Waals surface area contributed by atoms with E-state index in [2.05, 4.69) is 0 Å². The van der Waals surface area contributed by atoms with Crippen molar-refractivity contribution in [1.82, 2.24) is 3.71 Å². The van der Waals surface area contributed by atoms with E-state index in [0.29, 0.717) is 0 Å². The number of hydrogen-bond donors (Lipinski definition) is 0. The van der Waals surface area contributed by atoms with E-state index in [-0.39, 0.29) is 26.1 Å². The smallest absolute Gasteiger partial charge is 0.267 e. The van der Waals surface area contributed by atoms with Gasteiger partial charge in [0, 0.05) is 0 Å². The molecule has 0 spiro atoms. The summed E-state index contributed by atoms with van der Waals surface area (Å²) in [5, 5.41) is 0. The molecule has 0 radical (unpaired) electrons. The van der Waals surface area contributed by atoms with Gasteiger partial charge in [0.05, 0.1) is 5.56 Å². The van der Waals surface area contributed by atoms with E-state index in [9.17, 15) is 26.4 Å². The van der Waals surface area contributed by atoms with Crippen molar-refractivity contribution < 1.29 is 26.4 Å². The molecule has 1 aromatic rings. The van der Waals surface area contributed by atoms with E-state index in [1.807, 2.05) is 0 Å². The molecule has 0 aromatic heterocycles. The van der Waals surface area contributed by atoms with Crippen molar-refractivity contribution in [2.45, 2.75) is 11.1 Å². The van der Waals surface area contributed by atoms with Crippen LogP contribution in [0, 0.1) is 0 Å². The zero-order valence-corrected chi connectivity index (χ0v) is 10.3. The molecule has 0 saturated carbocycles. The van der Waals surface area contributed by atoms with Crippen LogP contribution < -0.4 is 0 Å². The maximum Gasteiger partial charge on any atom is 0.399 e. The van der Waals surface area contributed by atoms with E-state index in [0.717, 1.165) is 0 Å². The fraction of sp³-hybridized carbons (Fsp3) is 0.222. The molecule has 1 aromatic carbocycles. The zero-order valence-electron chi connectivity index (χ0n) is 8.64. The minimum atomic E-state index is -4.55. The molecule has 98 valence electrons. The summed E-state index contributed by atoms with van der Waals surface area (Å²) in [6.07, 6.45) is -4.55. The molecule has 9 heteroatoms. The first-order chi connectivity index (χ1) is 8.23. The summed E-state index contributed by atoms with van der Waals surface area (Å²) in [4.78, 5) is 11.4. The number of carbonyl (C=O) groups excluding carboxylic acids is 1. The van der Waals surface area contributed by atoms with Crippen molar-refractivity contribution in [2.24, 2.45) is 0 Å². The molecule has 0 fully saturated rings.